The van der Waals surface area contributed by atoms with Gasteiger partial charge >= 0.3 is 0 Å². The predicted octanol–water partition coefficient (Wildman–Crippen LogP) is 1.79. The van der Waals surface area contributed by atoms with Gasteiger partial charge in [0.2, 0.25) is 0 Å². The summed E-state index contributed by atoms with van der Waals surface area (Å²) in [6.45, 7) is 8.61. The number of hydrazone groups is 1. The third kappa shape index (κ3) is 3.60. The zero-order valence-corrected chi connectivity index (χ0v) is 8.62. The van der Waals surface area contributed by atoms with Crippen LogP contribution >= 0.6 is 0 Å². The molecular formula is C9H21N3. The van der Waals surface area contributed by atoms with E-state index in [9.17, 15) is 0 Å². The van der Waals surface area contributed by atoms with Gasteiger partial charge in [-0.1, -0.05) is 13.3 Å². The van der Waals surface area contributed by atoms with Crippen molar-refractivity contribution in [3.05, 3.63) is 0 Å². The molecule has 3 heteroatoms. The van der Waals surface area contributed by atoms with Crippen molar-refractivity contribution in [3.63, 3.8) is 0 Å². The number of nitrogens with two attached hydrogens (primary N) is 1. The first-order valence-corrected chi connectivity index (χ1v) is 4.66. The van der Waals surface area contributed by atoms with Crippen LogP contribution in [0.25, 0.3) is 0 Å². The smallest absolute Gasteiger partial charge is 0.106 e. The second-order valence-corrected chi connectivity index (χ2v) is 3.38. The highest BCUT2D eigenvalue weighted by molar-refractivity contribution is 5.50. The van der Waals surface area contributed by atoms with E-state index in [4.69, 9.17) is 5.73 Å². The Labute approximate surface area is 75.6 Å². The van der Waals surface area contributed by atoms with Crippen molar-refractivity contribution in [2.24, 2.45) is 10.8 Å². The molecule has 0 aliphatic heterocycles. The Morgan fingerprint density at radius 2 is 2.00 bits per heavy atom. The molecule has 0 radical (unpaired) electrons. The van der Waals surface area contributed by atoms with E-state index in [1.807, 2.05) is 5.01 Å². The van der Waals surface area contributed by atoms with E-state index >= 15 is 0 Å². The lowest BCUT2D eigenvalue weighted by Gasteiger charge is -2.29. The lowest BCUT2D eigenvalue weighted by atomic mass is 10.1. The topological polar surface area (TPSA) is 41.6 Å². The standard InChI is InChI=1S/C9H21N3/c1-5-6-9(4)12(8(2)3)11-7-10/h7-9H,5-6H2,1-4H3,(H2,10,11). The molecule has 0 aromatic carbocycles. The Balaban J connectivity index is 4.09. The van der Waals surface area contributed by atoms with Gasteiger partial charge in [-0.15, -0.1) is 0 Å². The number of rotatable bonds is 5. The fourth-order valence-electron chi connectivity index (χ4n) is 1.38. The summed E-state index contributed by atoms with van der Waals surface area (Å²) in [4.78, 5) is 0. The number of nitrogens with zero attached hydrogens (tertiary/aromatic N) is 2. The van der Waals surface area contributed by atoms with Gasteiger partial charge in [0.25, 0.3) is 0 Å². The van der Waals surface area contributed by atoms with Crippen molar-refractivity contribution in [3.8, 4) is 0 Å². The molecule has 2 N–H and O–H groups in total. The lowest BCUT2D eigenvalue weighted by molar-refractivity contribution is 0.164. The van der Waals surface area contributed by atoms with E-state index in [0.29, 0.717) is 12.1 Å². The van der Waals surface area contributed by atoms with Gasteiger partial charge in [0.05, 0.1) is 0 Å². The highest BCUT2D eigenvalue weighted by Gasteiger charge is 2.12. The Kier molecular flexibility index (Phi) is 5.51. The molecule has 0 heterocycles. The lowest BCUT2D eigenvalue weighted by Crippen LogP contribution is -2.34. The van der Waals surface area contributed by atoms with Crippen molar-refractivity contribution in [1.82, 2.24) is 5.01 Å². The minimum absolute atomic E-state index is 0.423. The van der Waals surface area contributed by atoms with E-state index in [-0.39, 0.29) is 0 Å². The number of hydrogen-bond donors (Lipinski definition) is 1. The van der Waals surface area contributed by atoms with Gasteiger partial charge in [-0.05, 0) is 27.2 Å². The molecule has 0 aliphatic rings. The van der Waals surface area contributed by atoms with Crippen molar-refractivity contribution >= 4 is 6.34 Å². The third-order valence-corrected chi connectivity index (χ3v) is 1.89. The van der Waals surface area contributed by atoms with Gasteiger partial charge in [0, 0.05) is 12.1 Å². The molecule has 0 aromatic heterocycles. The molecule has 0 aliphatic carbocycles. The maximum Gasteiger partial charge on any atom is 0.106 e. The van der Waals surface area contributed by atoms with E-state index in [0.717, 1.165) is 6.42 Å². The minimum atomic E-state index is 0.423. The fraction of sp³-hybridized carbons (Fsp3) is 0.889. The second kappa shape index (κ2) is 5.86. The predicted molar refractivity (Wildman–Crippen MR) is 54.0 cm³/mol. The molecule has 3 nitrogen and oxygen atoms in total. The maximum atomic E-state index is 5.27. The molecule has 0 aromatic rings. The molecular weight excluding hydrogens is 150 g/mol. The van der Waals surface area contributed by atoms with Gasteiger partial charge < -0.3 is 5.73 Å². The maximum absolute atomic E-state index is 5.27. The summed E-state index contributed by atoms with van der Waals surface area (Å²) < 4.78 is 0. The summed E-state index contributed by atoms with van der Waals surface area (Å²) in [6, 6.07) is 0.904. The normalized spacial score (nSPS) is 14.1. The Morgan fingerprint density at radius 3 is 2.33 bits per heavy atom. The van der Waals surface area contributed by atoms with Crippen LogP contribution in [0.3, 0.4) is 0 Å². The molecule has 72 valence electrons. The third-order valence-electron chi connectivity index (χ3n) is 1.89. The fourth-order valence-corrected chi connectivity index (χ4v) is 1.38. The van der Waals surface area contributed by atoms with Crippen LogP contribution in [0.4, 0.5) is 0 Å². The van der Waals surface area contributed by atoms with Crippen LogP contribution in [0.5, 0.6) is 0 Å². The zero-order chi connectivity index (χ0) is 9.56. The molecule has 0 saturated heterocycles. The molecule has 0 fully saturated rings. The van der Waals surface area contributed by atoms with Crippen molar-refractivity contribution in [1.29, 1.82) is 0 Å². The Morgan fingerprint density at radius 1 is 1.42 bits per heavy atom. The molecule has 1 atom stereocenters. The summed E-state index contributed by atoms with van der Waals surface area (Å²) in [5.41, 5.74) is 5.27. The van der Waals surface area contributed by atoms with Crippen LogP contribution in [-0.2, 0) is 0 Å². The monoisotopic (exact) mass is 171 g/mol. The number of hydrogen-bond acceptors (Lipinski definition) is 2. The minimum Gasteiger partial charge on any atom is -0.388 e. The van der Waals surface area contributed by atoms with Crippen molar-refractivity contribution < 1.29 is 0 Å². The second-order valence-electron chi connectivity index (χ2n) is 3.38. The van der Waals surface area contributed by atoms with Gasteiger partial charge in [-0.25, -0.2) is 0 Å². The zero-order valence-electron chi connectivity index (χ0n) is 8.62. The molecule has 0 saturated carbocycles. The van der Waals surface area contributed by atoms with E-state index < -0.39 is 0 Å². The highest BCUT2D eigenvalue weighted by Crippen LogP contribution is 2.10. The quantitative estimate of drug-likeness (QED) is 0.389. The first-order valence-electron chi connectivity index (χ1n) is 4.66. The van der Waals surface area contributed by atoms with Crippen LogP contribution in [0.2, 0.25) is 0 Å². The summed E-state index contributed by atoms with van der Waals surface area (Å²) in [7, 11) is 0. The highest BCUT2D eigenvalue weighted by atomic mass is 15.5. The first-order chi connectivity index (χ1) is 5.63. The molecule has 0 bridgehead atoms. The van der Waals surface area contributed by atoms with Gasteiger partial charge in [0.15, 0.2) is 0 Å². The van der Waals surface area contributed by atoms with Crippen molar-refractivity contribution in [2.75, 3.05) is 0 Å². The van der Waals surface area contributed by atoms with Crippen LogP contribution < -0.4 is 5.73 Å². The summed E-state index contributed by atoms with van der Waals surface area (Å²) in [6.07, 6.45) is 3.71. The summed E-state index contributed by atoms with van der Waals surface area (Å²) in [5, 5.41) is 6.17. The molecule has 0 spiro atoms. The molecule has 12 heavy (non-hydrogen) atoms. The average molecular weight is 171 g/mol. The SMILES string of the molecule is CCCC(C)N(/N=C/N)C(C)C. The summed E-state index contributed by atoms with van der Waals surface area (Å²) in [5.74, 6) is 0. The Bertz CT molecular complexity index is 132. The van der Waals surface area contributed by atoms with Gasteiger partial charge in [-0.2, -0.15) is 5.10 Å². The molecule has 0 rings (SSSR count). The summed E-state index contributed by atoms with van der Waals surface area (Å²) >= 11 is 0. The van der Waals surface area contributed by atoms with E-state index in [1.165, 1.54) is 12.8 Å². The van der Waals surface area contributed by atoms with Gasteiger partial charge in [-0.3, -0.25) is 5.01 Å². The molecule has 0 amide bonds. The van der Waals surface area contributed by atoms with Crippen LogP contribution in [-0.4, -0.2) is 23.4 Å². The van der Waals surface area contributed by atoms with Crippen LogP contribution in [0.1, 0.15) is 40.5 Å². The van der Waals surface area contributed by atoms with Gasteiger partial charge in [0.1, 0.15) is 6.34 Å². The molecule has 1 unspecified atom stereocenters. The van der Waals surface area contributed by atoms with Crippen LogP contribution in [0.15, 0.2) is 5.10 Å². The Hall–Kier alpha value is -0.730. The van der Waals surface area contributed by atoms with Crippen molar-refractivity contribution in [2.45, 2.75) is 52.6 Å². The van der Waals surface area contributed by atoms with Crippen LogP contribution in [0, 0.1) is 0 Å². The van der Waals surface area contributed by atoms with E-state index in [2.05, 4.69) is 32.8 Å². The van der Waals surface area contributed by atoms with E-state index in [1.54, 1.807) is 0 Å². The first kappa shape index (κ1) is 11.3. The largest absolute Gasteiger partial charge is 0.388 e. The average Bonchev–Trinajstić information content (AvgIpc) is 1.99.